The molecule has 2 saturated carbocycles. The second kappa shape index (κ2) is 8.20. The normalized spacial score (nSPS) is 18.3. The second-order valence-corrected chi connectivity index (χ2v) is 15.7. The summed E-state index contributed by atoms with van der Waals surface area (Å²) in [7, 11) is 0.838. The molecule has 0 bridgehead atoms. The van der Waals surface area contributed by atoms with Crippen LogP contribution in [0, 0.1) is 6.92 Å². The summed E-state index contributed by atoms with van der Waals surface area (Å²) in [6, 6.07) is 17.0. The van der Waals surface area contributed by atoms with E-state index < -0.39 is 8.07 Å². The Morgan fingerprint density at radius 2 is 1.61 bits per heavy atom. The molecule has 0 saturated heterocycles. The van der Waals surface area contributed by atoms with E-state index in [-0.39, 0.29) is 0 Å². The minimum atomic E-state index is -1.37. The van der Waals surface area contributed by atoms with Crippen LogP contribution in [0.5, 0.6) is 0 Å². The number of benzene rings is 2. The molecule has 1 heterocycles. The second-order valence-electron chi connectivity index (χ2n) is 10.8. The topological polar surface area (TPSA) is 3.88 Å². The first-order valence-corrected chi connectivity index (χ1v) is 15.6. The standard InChI is InChI=1S/C29H38NSi/c1-21-13-14-23(22-9-6-5-7-10-22)20-28(21)29-27-16-15-26(19-24(27)17-18-30(29)2)31(3,4)25-11-8-12-25/h13-20,22,25H,5-12H2,1-4H3/q+1. The van der Waals surface area contributed by atoms with E-state index in [1.807, 2.05) is 0 Å². The summed E-state index contributed by atoms with van der Waals surface area (Å²) < 4.78 is 2.34. The molecular formula is C29H38NSi+. The van der Waals surface area contributed by atoms with Crippen molar-refractivity contribution >= 4 is 24.0 Å². The number of nitrogens with zero attached hydrogens (tertiary/aromatic N) is 1. The highest BCUT2D eigenvalue weighted by molar-refractivity contribution is 6.91. The SMILES string of the molecule is Cc1ccc(C2CCCCC2)cc1-c1c2ccc([Si](C)(C)C3CCC3)cc2cc[n+]1C. The zero-order valence-electron chi connectivity index (χ0n) is 19.9. The molecule has 0 unspecified atom stereocenters. The van der Waals surface area contributed by atoms with Gasteiger partial charge in [0.05, 0.1) is 13.5 Å². The molecule has 2 aliphatic carbocycles. The van der Waals surface area contributed by atoms with E-state index in [1.165, 1.54) is 79.0 Å². The summed E-state index contributed by atoms with van der Waals surface area (Å²) in [6.45, 7) is 7.44. The first kappa shape index (κ1) is 20.9. The van der Waals surface area contributed by atoms with Crippen LogP contribution in [0.15, 0.2) is 48.7 Å². The van der Waals surface area contributed by atoms with Crippen LogP contribution in [0.4, 0.5) is 0 Å². The number of aromatic nitrogens is 1. The van der Waals surface area contributed by atoms with E-state index in [0.717, 1.165) is 11.5 Å². The number of rotatable bonds is 4. The van der Waals surface area contributed by atoms with Gasteiger partial charge in [-0.15, -0.1) is 0 Å². The van der Waals surface area contributed by atoms with Crippen molar-refractivity contribution in [2.45, 2.75) is 82.8 Å². The van der Waals surface area contributed by atoms with Gasteiger partial charge in [0.15, 0.2) is 6.20 Å². The lowest BCUT2D eigenvalue weighted by Gasteiger charge is -2.39. The van der Waals surface area contributed by atoms with Gasteiger partial charge in [0.1, 0.15) is 7.05 Å². The van der Waals surface area contributed by atoms with Crippen molar-refractivity contribution in [1.82, 2.24) is 0 Å². The summed E-state index contributed by atoms with van der Waals surface area (Å²) in [5.74, 6) is 0.745. The maximum atomic E-state index is 2.58. The van der Waals surface area contributed by atoms with Gasteiger partial charge in [-0.25, -0.2) is 4.57 Å². The van der Waals surface area contributed by atoms with Crippen LogP contribution < -0.4 is 9.75 Å². The molecule has 162 valence electrons. The van der Waals surface area contributed by atoms with Crippen molar-refractivity contribution in [2.75, 3.05) is 0 Å². The van der Waals surface area contributed by atoms with Gasteiger partial charge in [-0.2, -0.15) is 0 Å². The maximum Gasteiger partial charge on any atom is 0.220 e. The Labute approximate surface area is 189 Å². The summed E-state index contributed by atoms with van der Waals surface area (Å²) in [5.41, 5.74) is 6.70. The highest BCUT2D eigenvalue weighted by Crippen LogP contribution is 2.41. The van der Waals surface area contributed by atoms with E-state index in [1.54, 1.807) is 10.8 Å². The van der Waals surface area contributed by atoms with E-state index in [2.05, 4.69) is 80.3 Å². The molecule has 1 nitrogen and oxygen atoms in total. The summed E-state index contributed by atoms with van der Waals surface area (Å²) in [6.07, 6.45) is 13.5. The Balaban J connectivity index is 1.60. The minimum absolute atomic E-state index is 0.745. The molecule has 0 aliphatic heterocycles. The fourth-order valence-corrected chi connectivity index (χ4v) is 9.42. The number of aryl methyl sites for hydroxylation is 2. The van der Waals surface area contributed by atoms with Crippen LogP contribution in [0.3, 0.4) is 0 Å². The van der Waals surface area contributed by atoms with Crippen LogP contribution in [-0.4, -0.2) is 8.07 Å². The van der Waals surface area contributed by atoms with Crippen LogP contribution >= 0.6 is 0 Å². The molecule has 1 aromatic heterocycles. The van der Waals surface area contributed by atoms with Gasteiger partial charge in [-0.05, 0) is 59.9 Å². The first-order valence-electron chi connectivity index (χ1n) is 12.5. The Kier molecular flexibility index (Phi) is 5.54. The number of fused-ring (bicyclic) bond motifs is 1. The molecule has 0 atom stereocenters. The molecule has 3 aromatic rings. The molecule has 2 aliphatic rings. The predicted molar refractivity (Wildman–Crippen MR) is 136 cm³/mol. The van der Waals surface area contributed by atoms with Crippen molar-refractivity contribution < 1.29 is 4.57 Å². The lowest BCUT2D eigenvalue weighted by atomic mass is 9.82. The van der Waals surface area contributed by atoms with Crippen molar-refractivity contribution in [2.24, 2.45) is 7.05 Å². The fourth-order valence-electron chi connectivity index (χ4n) is 6.06. The summed E-state index contributed by atoms with van der Waals surface area (Å²) >= 11 is 0. The number of hydrogen-bond acceptors (Lipinski definition) is 0. The monoisotopic (exact) mass is 428 g/mol. The van der Waals surface area contributed by atoms with Gasteiger partial charge in [0, 0.05) is 11.6 Å². The molecular weight excluding hydrogens is 390 g/mol. The van der Waals surface area contributed by atoms with E-state index in [0.29, 0.717) is 0 Å². The van der Waals surface area contributed by atoms with Crippen molar-refractivity contribution in [3.63, 3.8) is 0 Å². The number of pyridine rings is 1. The van der Waals surface area contributed by atoms with Gasteiger partial charge in [-0.1, -0.05) is 81.1 Å². The van der Waals surface area contributed by atoms with E-state index in [9.17, 15) is 0 Å². The van der Waals surface area contributed by atoms with Crippen LogP contribution in [0.2, 0.25) is 18.6 Å². The summed E-state index contributed by atoms with van der Waals surface area (Å²) in [5, 5.41) is 4.45. The third-order valence-electron chi connectivity index (χ3n) is 8.60. The number of hydrogen-bond donors (Lipinski definition) is 0. The van der Waals surface area contributed by atoms with Crippen molar-refractivity contribution in [1.29, 1.82) is 0 Å². The molecule has 31 heavy (non-hydrogen) atoms. The molecule has 0 amide bonds. The zero-order chi connectivity index (χ0) is 21.6. The molecule has 5 rings (SSSR count). The highest BCUT2D eigenvalue weighted by Gasteiger charge is 2.37. The maximum absolute atomic E-state index is 2.58. The Morgan fingerprint density at radius 1 is 0.839 bits per heavy atom. The molecule has 0 radical (unpaired) electrons. The third-order valence-corrected chi connectivity index (χ3v) is 13.0. The minimum Gasteiger partial charge on any atom is -0.200 e. The molecule has 2 fully saturated rings. The fraction of sp³-hybridized carbons (Fsp3) is 0.483. The lowest BCUT2D eigenvalue weighted by molar-refractivity contribution is -0.659. The zero-order valence-corrected chi connectivity index (χ0v) is 20.9. The smallest absolute Gasteiger partial charge is 0.200 e. The van der Waals surface area contributed by atoms with Gasteiger partial charge >= 0.3 is 0 Å². The van der Waals surface area contributed by atoms with Crippen LogP contribution in [-0.2, 0) is 7.05 Å². The Bertz CT molecular complexity index is 1100. The van der Waals surface area contributed by atoms with Gasteiger partial charge < -0.3 is 0 Å². The summed E-state index contributed by atoms with van der Waals surface area (Å²) in [4.78, 5) is 0. The third kappa shape index (κ3) is 3.78. The molecule has 2 heteroatoms. The van der Waals surface area contributed by atoms with E-state index in [4.69, 9.17) is 0 Å². The van der Waals surface area contributed by atoms with Crippen molar-refractivity contribution in [3.05, 3.63) is 59.8 Å². The predicted octanol–water partition coefficient (Wildman–Crippen LogP) is 7.16. The van der Waals surface area contributed by atoms with Crippen LogP contribution in [0.1, 0.15) is 68.4 Å². The largest absolute Gasteiger partial charge is 0.220 e. The highest BCUT2D eigenvalue weighted by atomic mass is 28.3. The van der Waals surface area contributed by atoms with Gasteiger partial charge in [0.2, 0.25) is 5.69 Å². The molecule has 2 aromatic carbocycles. The molecule has 0 N–H and O–H groups in total. The van der Waals surface area contributed by atoms with Gasteiger partial charge in [-0.3, -0.25) is 0 Å². The first-order chi connectivity index (χ1) is 14.9. The Hall–Kier alpha value is -1.93. The molecule has 0 spiro atoms. The quantitative estimate of drug-likeness (QED) is 0.307. The van der Waals surface area contributed by atoms with Gasteiger partial charge in [0.25, 0.3) is 0 Å². The average Bonchev–Trinajstić information content (AvgIpc) is 2.73. The van der Waals surface area contributed by atoms with Crippen molar-refractivity contribution in [3.8, 4) is 11.3 Å². The van der Waals surface area contributed by atoms with E-state index >= 15 is 0 Å². The van der Waals surface area contributed by atoms with Crippen LogP contribution in [0.25, 0.3) is 22.0 Å². The lowest BCUT2D eigenvalue weighted by Crippen LogP contribution is -2.48. The average molecular weight is 429 g/mol. The Morgan fingerprint density at radius 3 is 2.32 bits per heavy atom.